The van der Waals surface area contributed by atoms with Crippen molar-refractivity contribution >= 4 is 27.2 Å². The Morgan fingerprint density at radius 1 is 1.28 bits per heavy atom. The average molecular weight is 460 g/mol. The van der Waals surface area contributed by atoms with Crippen LogP contribution in [0.2, 0.25) is 0 Å². The Morgan fingerprint density at radius 2 is 1.94 bits per heavy atom. The molecular formula is C23H26FN3O4S. The maximum Gasteiger partial charge on any atom is 0.340 e. The number of hydrogen-bond acceptors (Lipinski definition) is 4. The van der Waals surface area contributed by atoms with Crippen molar-refractivity contribution in [2.24, 2.45) is 5.92 Å². The minimum absolute atomic E-state index is 0.0122. The number of carbonyl (C=O) groups is 1. The predicted molar refractivity (Wildman–Crippen MR) is 121 cm³/mol. The number of carboxylic acid groups (broad SMARTS) is 1. The highest BCUT2D eigenvalue weighted by Gasteiger charge is 2.32. The molecule has 3 aromatic rings. The van der Waals surface area contributed by atoms with E-state index < -0.39 is 21.8 Å². The first-order chi connectivity index (χ1) is 15.1. The van der Waals surface area contributed by atoms with E-state index in [-0.39, 0.29) is 17.2 Å². The van der Waals surface area contributed by atoms with Gasteiger partial charge in [0.1, 0.15) is 17.1 Å². The van der Waals surface area contributed by atoms with Gasteiger partial charge in [-0.3, -0.25) is 4.31 Å². The average Bonchev–Trinajstić information content (AvgIpc) is 3.47. The second kappa shape index (κ2) is 8.20. The summed E-state index contributed by atoms with van der Waals surface area (Å²) in [6.07, 6.45) is 5.34. The summed E-state index contributed by atoms with van der Waals surface area (Å²) >= 11 is 0. The molecule has 2 heterocycles. The van der Waals surface area contributed by atoms with Crippen molar-refractivity contribution in [3.05, 3.63) is 53.5 Å². The molecule has 32 heavy (non-hydrogen) atoms. The number of pyridine rings is 1. The minimum Gasteiger partial charge on any atom is -0.478 e. The molecule has 170 valence electrons. The molecule has 0 unspecified atom stereocenters. The van der Waals surface area contributed by atoms with Crippen molar-refractivity contribution in [1.82, 2.24) is 9.61 Å². The van der Waals surface area contributed by atoms with E-state index in [1.165, 1.54) is 39.3 Å². The highest BCUT2D eigenvalue weighted by Crippen LogP contribution is 2.46. The third-order valence-corrected chi connectivity index (χ3v) is 6.89. The molecule has 9 heteroatoms. The fourth-order valence-corrected chi connectivity index (χ4v) is 4.83. The zero-order chi connectivity index (χ0) is 23.2. The second-order valence-electron chi connectivity index (χ2n) is 8.77. The summed E-state index contributed by atoms with van der Waals surface area (Å²) in [4.78, 5) is 12.2. The van der Waals surface area contributed by atoms with Gasteiger partial charge in [-0.05, 0) is 67.0 Å². The molecule has 1 aliphatic rings. The quantitative estimate of drug-likeness (QED) is 0.534. The third-order valence-electron chi connectivity index (χ3n) is 5.71. The van der Waals surface area contributed by atoms with Crippen LogP contribution in [0.3, 0.4) is 0 Å². The Kier molecular flexibility index (Phi) is 5.70. The molecule has 0 bridgehead atoms. The number of halogens is 1. The first-order valence-corrected chi connectivity index (χ1v) is 12.4. The second-order valence-corrected chi connectivity index (χ2v) is 10.7. The Morgan fingerprint density at radius 3 is 2.47 bits per heavy atom. The summed E-state index contributed by atoms with van der Waals surface area (Å²) in [5.41, 5.74) is 2.44. The van der Waals surface area contributed by atoms with Gasteiger partial charge in [0.05, 0.1) is 23.7 Å². The molecule has 1 fully saturated rings. The molecule has 1 aliphatic carbocycles. The van der Waals surface area contributed by atoms with Gasteiger partial charge < -0.3 is 5.11 Å². The monoisotopic (exact) mass is 459 g/mol. The standard InChI is InChI=1S/C23H26FN3O4S/c1-14(2)10-11-27(32(3,30)31)20-13-26-19(12-18(20)15-4-5-15)21(23(28)29)22(25-26)16-6-8-17(24)9-7-16/h6-9,12-15H,4-5,10-11H2,1-3H3,(H,28,29). The van der Waals surface area contributed by atoms with Gasteiger partial charge in [0.15, 0.2) is 0 Å². The lowest BCUT2D eigenvalue weighted by Crippen LogP contribution is -2.32. The van der Waals surface area contributed by atoms with Crippen LogP contribution in [0.15, 0.2) is 36.5 Å². The Hall–Kier alpha value is -2.94. The number of anilines is 1. The van der Waals surface area contributed by atoms with Gasteiger partial charge in [0.25, 0.3) is 0 Å². The van der Waals surface area contributed by atoms with E-state index in [9.17, 15) is 22.7 Å². The summed E-state index contributed by atoms with van der Waals surface area (Å²) in [5.74, 6) is -1.07. The molecule has 1 aromatic carbocycles. The molecule has 0 atom stereocenters. The number of benzene rings is 1. The summed E-state index contributed by atoms with van der Waals surface area (Å²) in [5, 5.41) is 14.4. The van der Waals surface area contributed by atoms with Crippen LogP contribution in [0.1, 0.15) is 54.9 Å². The Balaban J connectivity index is 1.94. The van der Waals surface area contributed by atoms with Gasteiger partial charge in [-0.2, -0.15) is 5.10 Å². The number of nitrogens with zero attached hydrogens (tertiary/aromatic N) is 3. The van der Waals surface area contributed by atoms with Gasteiger partial charge >= 0.3 is 5.97 Å². The van der Waals surface area contributed by atoms with E-state index in [4.69, 9.17) is 0 Å². The van der Waals surface area contributed by atoms with E-state index in [1.807, 2.05) is 13.8 Å². The molecule has 7 nitrogen and oxygen atoms in total. The number of fused-ring (bicyclic) bond motifs is 1. The Bertz CT molecular complexity index is 1280. The van der Waals surface area contributed by atoms with Crippen LogP contribution in [0, 0.1) is 11.7 Å². The van der Waals surface area contributed by atoms with Crippen molar-refractivity contribution in [3.63, 3.8) is 0 Å². The molecule has 2 aromatic heterocycles. The summed E-state index contributed by atoms with van der Waals surface area (Å²) < 4.78 is 41.6. The molecular weight excluding hydrogens is 433 g/mol. The van der Waals surface area contributed by atoms with E-state index in [1.54, 1.807) is 12.3 Å². The van der Waals surface area contributed by atoms with Crippen molar-refractivity contribution in [3.8, 4) is 11.3 Å². The smallest absolute Gasteiger partial charge is 0.340 e. The van der Waals surface area contributed by atoms with Gasteiger partial charge in [-0.1, -0.05) is 13.8 Å². The van der Waals surface area contributed by atoms with Gasteiger partial charge in [-0.15, -0.1) is 0 Å². The van der Waals surface area contributed by atoms with Crippen LogP contribution in [0.4, 0.5) is 10.1 Å². The maximum atomic E-state index is 13.4. The van der Waals surface area contributed by atoms with Crippen molar-refractivity contribution in [2.75, 3.05) is 17.1 Å². The zero-order valence-corrected chi connectivity index (χ0v) is 19.1. The van der Waals surface area contributed by atoms with E-state index in [0.29, 0.717) is 35.7 Å². The van der Waals surface area contributed by atoms with Gasteiger partial charge in [0, 0.05) is 12.1 Å². The summed E-state index contributed by atoms with van der Waals surface area (Å²) in [6.45, 7) is 4.40. The van der Waals surface area contributed by atoms with Crippen LogP contribution in [-0.2, 0) is 10.0 Å². The van der Waals surface area contributed by atoms with E-state index >= 15 is 0 Å². The first kappa shape index (κ1) is 22.3. The highest BCUT2D eigenvalue weighted by atomic mass is 32.2. The number of aromatic carboxylic acids is 1. The summed E-state index contributed by atoms with van der Waals surface area (Å²) in [6, 6.07) is 7.23. The molecule has 0 radical (unpaired) electrons. The summed E-state index contributed by atoms with van der Waals surface area (Å²) in [7, 11) is -3.55. The number of rotatable bonds is 8. The third kappa shape index (κ3) is 4.34. The number of aromatic nitrogens is 2. The van der Waals surface area contributed by atoms with Crippen LogP contribution in [0.5, 0.6) is 0 Å². The Labute approximate surface area is 186 Å². The first-order valence-electron chi connectivity index (χ1n) is 10.6. The highest BCUT2D eigenvalue weighted by molar-refractivity contribution is 7.92. The van der Waals surface area contributed by atoms with Crippen LogP contribution in [0.25, 0.3) is 16.8 Å². The maximum absolute atomic E-state index is 13.4. The fraction of sp³-hybridized carbons (Fsp3) is 0.391. The minimum atomic E-state index is -3.55. The van der Waals surface area contributed by atoms with Crippen LogP contribution < -0.4 is 4.31 Å². The molecule has 0 aliphatic heterocycles. The SMILES string of the molecule is CC(C)CCN(c1cn2nc(-c3ccc(F)cc3)c(C(=O)O)c2cc1C1CC1)S(C)(=O)=O. The zero-order valence-electron chi connectivity index (χ0n) is 18.2. The molecule has 1 N–H and O–H groups in total. The van der Waals surface area contributed by atoms with Gasteiger partial charge in [-0.25, -0.2) is 22.1 Å². The molecule has 1 saturated carbocycles. The normalized spacial score (nSPS) is 14.3. The molecule has 0 saturated heterocycles. The van der Waals surface area contributed by atoms with Crippen LogP contribution >= 0.6 is 0 Å². The van der Waals surface area contributed by atoms with Crippen molar-refractivity contribution in [1.29, 1.82) is 0 Å². The lowest BCUT2D eigenvalue weighted by Gasteiger charge is -2.26. The lowest BCUT2D eigenvalue weighted by molar-refractivity contribution is 0.0699. The lowest BCUT2D eigenvalue weighted by atomic mass is 10.0. The molecule has 0 amide bonds. The van der Waals surface area contributed by atoms with Crippen molar-refractivity contribution < 1.29 is 22.7 Å². The van der Waals surface area contributed by atoms with E-state index in [2.05, 4.69) is 5.10 Å². The van der Waals surface area contributed by atoms with Gasteiger partial charge in [0.2, 0.25) is 10.0 Å². The van der Waals surface area contributed by atoms with Crippen molar-refractivity contribution in [2.45, 2.75) is 39.0 Å². The fourth-order valence-electron chi connectivity index (χ4n) is 3.89. The molecule has 4 rings (SSSR count). The van der Waals surface area contributed by atoms with Crippen LogP contribution in [-0.4, -0.2) is 41.9 Å². The molecule has 0 spiro atoms. The number of hydrogen-bond donors (Lipinski definition) is 1. The van der Waals surface area contributed by atoms with E-state index in [0.717, 1.165) is 18.4 Å². The topological polar surface area (TPSA) is 92.0 Å². The number of carboxylic acids is 1. The largest absolute Gasteiger partial charge is 0.478 e. The number of sulfonamides is 1. The predicted octanol–water partition coefficient (Wildman–Crippen LogP) is 4.53.